The number of rotatable bonds is 5. The number of benzene rings is 2. The molecule has 0 unspecified atom stereocenters. The average Bonchev–Trinajstić information content (AvgIpc) is 2.51. The van der Waals surface area contributed by atoms with Gasteiger partial charge in [0.1, 0.15) is 6.21 Å². The molecule has 23 heavy (non-hydrogen) atoms. The molecule has 0 saturated carbocycles. The SMILES string of the molecule is N#C[C@H](c1ccc(Cl)cc1)c1ccc(N/N=C\C(N)=O)cc1Cl. The lowest BCUT2D eigenvalue weighted by molar-refractivity contribution is -0.111. The van der Waals surface area contributed by atoms with Gasteiger partial charge in [0.05, 0.1) is 17.7 Å². The van der Waals surface area contributed by atoms with E-state index in [1.807, 2.05) is 0 Å². The number of carbonyl (C=O) groups excluding carboxylic acids is 1. The van der Waals surface area contributed by atoms with Crippen molar-refractivity contribution in [2.45, 2.75) is 5.92 Å². The Morgan fingerprint density at radius 3 is 2.52 bits per heavy atom. The van der Waals surface area contributed by atoms with Crippen molar-refractivity contribution in [3.05, 3.63) is 63.6 Å². The van der Waals surface area contributed by atoms with Gasteiger partial charge in [-0.3, -0.25) is 10.2 Å². The van der Waals surface area contributed by atoms with Crippen LogP contribution in [-0.4, -0.2) is 12.1 Å². The van der Waals surface area contributed by atoms with Gasteiger partial charge in [-0.15, -0.1) is 0 Å². The van der Waals surface area contributed by atoms with E-state index in [0.717, 1.165) is 11.8 Å². The summed E-state index contributed by atoms with van der Waals surface area (Å²) in [7, 11) is 0. The Hall–Kier alpha value is -2.55. The monoisotopic (exact) mass is 346 g/mol. The maximum atomic E-state index is 10.6. The van der Waals surface area contributed by atoms with E-state index in [-0.39, 0.29) is 0 Å². The molecule has 0 spiro atoms. The normalized spacial score (nSPS) is 11.9. The molecule has 0 radical (unpaired) electrons. The first kappa shape index (κ1) is 16.8. The lowest BCUT2D eigenvalue weighted by Crippen LogP contribution is -2.12. The third kappa shape index (κ3) is 4.46. The molecular formula is C16H12Cl2N4O. The van der Waals surface area contributed by atoms with Crippen molar-refractivity contribution in [2.75, 3.05) is 5.43 Å². The predicted molar refractivity (Wildman–Crippen MR) is 91.7 cm³/mol. The third-order valence-corrected chi connectivity index (χ3v) is 3.61. The smallest absolute Gasteiger partial charge is 0.261 e. The van der Waals surface area contributed by atoms with Gasteiger partial charge in [-0.2, -0.15) is 10.4 Å². The van der Waals surface area contributed by atoms with Crippen molar-refractivity contribution in [1.82, 2.24) is 0 Å². The fourth-order valence-electron chi connectivity index (χ4n) is 1.98. The van der Waals surface area contributed by atoms with Crippen LogP contribution in [0.25, 0.3) is 0 Å². The molecule has 1 amide bonds. The highest BCUT2D eigenvalue weighted by atomic mass is 35.5. The minimum atomic E-state index is -0.660. The number of anilines is 1. The van der Waals surface area contributed by atoms with Crippen LogP contribution in [0, 0.1) is 11.3 Å². The number of hydrazone groups is 1. The Labute approximate surface area is 143 Å². The number of nitrogens with two attached hydrogens (primary N) is 1. The highest BCUT2D eigenvalue weighted by Gasteiger charge is 2.16. The quantitative estimate of drug-likeness (QED) is 0.640. The summed E-state index contributed by atoms with van der Waals surface area (Å²) < 4.78 is 0. The molecule has 0 aliphatic carbocycles. The molecule has 0 fully saturated rings. The lowest BCUT2D eigenvalue weighted by atomic mass is 9.92. The standard InChI is InChI=1S/C16H12Cl2N4O/c17-11-3-1-10(2-4-11)14(8-19)13-6-5-12(7-15(13)18)22-21-9-16(20)23/h1-7,9,14,22H,(H2,20,23)/b21-9-/t14-/m1/s1. The van der Waals surface area contributed by atoms with Gasteiger partial charge in [-0.1, -0.05) is 41.4 Å². The van der Waals surface area contributed by atoms with E-state index in [1.54, 1.807) is 42.5 Å². The van der Waals surface area contributed by atoms with Crippen LogP contribution in [0.2, 0.25) is 10.0 Å². The van der Waals surface area contributed by atoms with Crippen molar-refractivity contribution in [3.8, 4) is 6.07 Å². The predicted octanol–water partition coefficient (Wildman–Crippen LogP) is 3.53. The van der Waals surface area contributed by atoms with Crippen LogP contribution in [0.5, 0.6) is 0 Å². The van der Waals surface area contributed by atoms with Crippen LogP contribution in [-0.2, 0) is 4.79 Å². The maximum absolute atomic E-state index is 10.6. The first-order valence-electron chi connectivity index (χ1n) is 6.54. The molecule has 5 nitrogen and oxygen atoms in total. The fraction of sp³-hybridized carbons (Fsp3) is 0.0625. The van der Waals surface area contributed by atoms with E-state index in [2.05, 4.69) is 16.6 Å². The number of halogens is 2. The highest BCUT2D eigenvalue weighted by Crippen LogP contribution is 2.32. The number of hydrogen-bond acceptors (Lipinski definition) is 4. The zero-order chi connectivity index (χ0) is 16.8. The summed E-state index contributed by atoms with van der Waals surface area (Å²) in [4.78, 5) is 10.6. The van der Waals surface area contributed by atoms with Crippen molar-refractivity contribution < 1.29 is 4.79 Å². The molecule has 0 aliphatic rings. The first-order chi connectivity index (χ1) is 11.0. The number of amides is 1. The van der Waals surface area contributed by atoms with E-state index in [4.69, 9.17) is 28.9 Å². The Morgan fingerprint density at radius 2 is 1.96 bits per heavy atom. The molecule has 2 aromatic rings. The Kier molecular flexibility index (Phi) is 5.58. The minimum absolute atomic E-state index is 0.408. The van der Waals surface area contributed by atoms with Crippen LogP contribution in [0.1, 0.15) is 17.0 Å². The zero-order valence-corrected chi connectivity index (χ0v) is 13.3. The van der Waals surface area contributed by atoms with E-state index < -0.39 is 11.8 Å². The molecule has 0 saturated heterocycles. The molecular weight excluding hydrogens is 335 g/mol. The summed E-state index contributed by atoms with van der Waals surface area (Å²) >= 11 is 12.1. The van der Waals surface area contributed by atoms with Crippen molar-refractivity contribution in [1.29, 1.82) is 5.26 Å². The molecule has 1 atom stereocenters. The maximum Gasteiger partial charge on any atom is 0.261 e. The molecule has 2 aromatic carbocycles. The van der Waals surface area contributed by atoms with E-state index >= 15 is 0 Å². The van der Waals surface area contributed by atoms with Crippen molar-refractivity contribution in [3.63, 3.8) is 0 Å². The number of nitrogens with one attached hydrogen (secondary N) is 1. The molecule has 0 bridgehead atoms. The van der Waals surface area contributed by atoms with Gasteiger partial charge in [0, 0.05) is 10.0 Å². The van der Waals surface area contributed by atoms with Crippen LogP contribution in [0.15, 0.2) is 47.6 Å². The van der Waals surface area contributed by atoms with Crippen molar-refractivity contribution in [2.24, 2.45) is 10.8 Å². The lowest BCUT2D eigenvalue weighted by Gasteiger charge is -2.13. The highest BCUT2D eigenvalue weighted by molar-refractivity contribution is 6.32. The molecule has 0 aliphatic heterocycles. The van der Waals surface area contributed by atoms with Gasteiger partial charge in [-0.05, 0) is 35.4 Å². The minimum Gasteiger partial charge on any atom is -0.365 e. The Balaban J connectivity index is 2.26. The molecule has 116 valence electrons. The molecule has 0 aromatic heterocycles. The summed E-state index contributed by atoms with van der Waals surface area (Å²) in [5.74, 6) is -1.17. The summed E-state index contributed by atoms with van der Waals surface area (Å²) in [5.41, 5.74) is 9.61. The van der Waals surface area contributed by atoms with E-state index in [9.17, 15) is 10.1 Å². The van der Waals surface area contributed by atoms with Gasteiger partial charge in [0.15, 0.2) is 0 Å². The third-order valence-electron chi connectivity index (χ3n) is 3.03. The number of primary amides is 1. The Morgan fingerprint density at radius 1 is 1.26 bits per heavy atom. The van der Waals surface area contributed by atoms with E-state index in [1.165, 1.54) is 0 Å². The van der Waals surface area contributed by atoms with Gasteiger partial charge in [-0.25, -0.2) is 0 Å². The Bertz CT molecular complexity index is 782. The zero-order valence-electron chi connectivity index (χ0n) is 11.8. The van der Waals surface area contributed by atoms with Crippen LogP contribution in [0.3, 0.4) is 0 Å². The average molecular weight is 347 g/mol. The second kappa shape index (κ2) is 7.63. The number of nitriles is 1. The van der Waals surface area contributed by atoms with Crippen LogP contribution < -0.4 is 11.2 Å². The van der Waals surface area contributed by atoms with Gasteiger partial charge >= 0.3 is 0 Å². The summed E-state index contributed by atoms with van der Waals surface area (Å²) in [6.07, 6.45) is 0.952. The molecule has 3 N–H and O–H groups in total. The van der Waals surface area contributed by atoms with Gasteiger partial charge in [0.2, 0.25) is 0 Å². The second-order valence-corrected chi connectivity index (χ2v) is 5.47. The van der Waals surface area contributed by atoms with Crippen molar-refractivity contribution >= 4 is 41.0 Å². The summed E-state index contributed by atoms with van der Waals surface area (Å²) in [6.45, 7) is 0. The van der Waals surface area contributed by atoms with Gasteiger partial charge < -0.3 is 5.73 Å². The van der Waals surface area contributed by atoms with Crippen LogP contribution >= 0.6 is 23.2 Å². The topological polar surface area (TPSA) is 91.3 Å². The number of nitrogens with zero attached hydrogens (tertiary/aromatic N) is 2. The number of carbonyl (C=O) groups is 1. The van der Waals surface area contributed by atoms with Gasteiger partial charge in [0.25, 0.3) is 5.91 Å². The molecule has 2 rings (SSSR count). The second-order valence-electron chi connectivity index (χ2n) is 4.62. The fourth-order valence-corrected chi connectivity index (χ4v) is 2.40. The largest absolute Gasteiger partial charge is 0.365 e. The molecule has 7 heteroatoms. The van der Waals surface area contributed by atoms with E-state index in [0.29, 0.717) is 21.3 Å². The van der Waals surface area contributed by atoms with Crippen LogP contribution in [0.4, 0.5) is 5.69 Å². The summed E-state index contributed by atoms with van der Waals surface area (Å²) in [6, 6.07) is 14.3. The molecule has 0 heterocycles. The summed E-state index contributed by atoms with van der Waals surface area (Å²) in [5, 5.41) is 14.1. The first-order valence-corrected chi connectivity index (χ1v) is 7.30. The number of hydrogen-bond donors (Lipinski definition) is 2.